The molecule has 0 saturated heterocycles. The Kier molecular flexibility index (Phi) is 4.03. The second-order valence-electron chi connectivity index (χ2n) is 2.84. The molecule has 1 N–H and O–H groups in total. The van der Waals surface area contributed by atoms with Gasteiger partial charge in [0.1, 0.15) is 5.92 Å². The van der Waals surface area contributed by atoms with Gasteiger partial charge in [0.25, 0.3) is 0 Å². The third-order valence-electron chi connectivity index (χ3n) is 1.32. The number of quaternary nitrogens is 1. The SMILES string of the molecule is COC(=O)[C@H](C)C[NH+](C)C. The summed E-state index contributed by atoms with van der Waals surface area (Å²) in [5, 5.41) is 0. The van der Waals surface area contributed by atoms with E-state index in [2.05, 4.69) is 4.74 Å². The normalized spacial score (nSPS) is 13.3. The summed E-state index contributed by atoms with van der Waals surface area (Å²) in [6.07, 6.45) is 0. The molecule has 0 aromatic heterocycles. The van der Waals surface area contributed by atoms with Crippen LogP contribution >= 0.6 is 0 Å². The van der Waals surface area contributed by atoms with Gasteiger partial charge in [0, 0.05) is 0 Å². The van der Waals surface area contributed by atoms with Gasteiger partial charge in [-0.1, -0.05) is 0 Å². The Morgan fingerprint density at radius 2 is 2.10 bits per heavy atom. The van der Waals surface area contributed by atoms with E-state index >= 15 is 0 Å². The zero-order chi connectivity index (χ0) is 8.15. The molecule has 3 heteroatoms. The van der Waals surface area contributed by atoms with Gasteiger partial charge in [0.2, 0.25) is 0 Å². The zero-order valence-corrected chi connectivity index (χ0v) is 7.10. The zero-order valence-electron chi connectivity index (χ0n) is 7.10. The summed E-state index contributed by atoms with van der Waals surface area (Å²) in [4.78, 5) is 12.1. The molecule has 0 heterocycles. The minimum absolute atomic E-state index is 0.00926. The molecule has 60 valence electrons. The minimum atomic E-state index is -0.124. The number of rotatable bonds is 3. The monoisotopic (exact) mass is 146 g/mol. The largest absolute Gasteiger partial charge is 0.469 e. The molecule has 0 aliphatic heterocycles. The molecule has 0 bridgehead atoms. The smallest absolute Gasteiger partial charge is 0.314 e. The van der Waals surface area contributed by atoms with Crippen molar-refractivity contribution in [1.29, 1.82) is 0 Å². The van der Waals surface area contributed by atoms with Gasteiger partial charge in [0.15, 0.2) is 0 Å². The van der Waals surface area contributed by atoms with Gasteiger partial charge >= 0.3 is 5.97 Å². The summed E-state index contributed by atoms with van der Waals surface area (Å²) in [5.41, 5.74) is 0. The first-order chi connectivity index (χ1) is 4.57. The maximum atomic E-state index is 10.8. The van der Waals surface area contributed by atoms with Gasteiger partial charge in [-0.05, 0) is 6.92 Å². The molecule has 0 saturated carbocycles. The van der Waals surface area contributed by atoms with Crippen LogP contribution < -0.4 is 4.90 Å². The van der Waals surface area contributed by atoms with Crippen molar-refractivity contribution in [3.05, 3.63) is 0 Å². The molecule has 0 radical (unpaired) electrons. The summed E-state index contributed by atoms with van der Waals surface area (Å²) >= 11 is 0. The minimum Gasteiger partial charge on any atom is -0.469 e. The molecule has 0 aromatic carbocycles. The number of carbonyl (C=O) groups excluding carboxylic acids is 1. The Morgan fingerprint density at radius 1 is 1.60 bits per heavy atom. The molecule has 0 amide bonds. The van der Waals surface area contributed by atoms with Gasteiger partial charge in [-0.25, -0.2) is 0 Å². The molecule has 10 heavy (non-hydrogen) atoms. The van der Waals surface area contributed by atoms with Crippen LogP contribution in [0.25, 0.3) is 0 Å². The Balaban J connectivity index is 3.61. The lowest BCUT2D eigenvalue weighted by molar-refractivity contribution is -0.860. The number of hydrogen-bond acceptors (Lipinski definition) is 2. The van der Waals surface area contributed by atoms with Crippen LogP contribution in [0.4, 0.5) is 0 Å². The highest BCUT2D eigenvalue weighted by molar-refractivity contribution is 5.71. The molecular weight excluding hydrogens is 130 g/mol. The van der Waals surface area contributed by atoms with E-state index in [1.54, 1.807) is 0 Å². The fraction of sp³-hybridized carbons (Fsp3) is 0.857. The Bertz CT molecular complexity index is 112. The van der Waals surface area contributed by atoms with E-state index in [9.17, 15) is 4.79 Å². The van der Waals surface area contributed by atoms with E-state index < -0.39 is 0 Å². The summed E-state index contributed by atoms with van der Waals surface area (Å²) in [6, 6.07) is 0. The fourth-order valence-corrected chi connectivity index (χ4v) is 0.897. The van der Waals surface area contributed by atoms with Crippen molar-refractivity contribution in [3.8, 4) is 0 Å². The van der Waals surface area contributed by atoms with Crippen LogP contribution in [0.5, 0.6) is 0 Å². The average Bonchev–Trinajstić information content (AvgIpc) is 1.85. The van der Waals surface area contributed by atoms with E-state index in [1.165, 1.54) is 12.0 Å². The van der Waals surface area contributed by atoms with Crippen molar-refractivity contribution in [2.24, 2.45) is 5.92 Å². The van der Waals surface area contributed by atoms with Crippen LogP contribution in [0.1, 0.15) is 6.92 Å². The van der Waals surface area contributed by atoms with Gasteiger partial charge in [-0.3, -0.25) is 4.79 Å². The first kappa shape index (κ1) is 9.43. The lowest BCUT2D eigenvalue weighted by atomic mass is 10.2. The first-order valence-electron chi connectivity index (χ1n) is 3.44. The molecule has 0 spiro atoms. The summed E-state index contributed by atoms with van der Waals surface area (Å²) < 4.78 is 4.56. The Labute approximate surface area is 62.0 Å². The molecule has 0 aromatic rings. The predicted octanol–water partition coefficient (Wildman–Crippen LogP) is -1.06. The van der Waals surface area contributed by atoms with Gasteiger partial charge in [-0.15, -0.1) is 0 Å². The van der Waals surface area contributed by atoms with Crippen LogP contribution in [0, 0.1) is 5.92 Å². The lowest BCUT2D eigenvalue weighted by Gasteiger charge is -2.11. The first-order valence-corrected chi connectivity index (χ1v) is 3.44. The van der Waals surface area contributed by atoms with Crippen molar-refractivity contribution in [3.63, 3.8) is 0 Å². The van der Waals surface area contributed by atoms with Crippen LogP contribution in [-0.2, 0) is 9.53 Å². The van der Waals surface area contributed by atoms with Gasteiger partial charge in [0.05, 0.1) is 27.7 Å². The van der Waals surface area contributed by atoms with Crippen LogP contribution in [-0.4, -0.2) is 33.7 Å². The maximum Gasteiger partial charge on any atom is 0.314 e. The van der Waals surface area contributed by atoms with E-state index in [0.29, 0.717) is 0 Å². The van der Waals surface area contributed by atoms with Crippen LogP contribution in [0.15, 0.2) is 0 Å². The second kappa shape index (κ2) is 4.28. The molecule has 0 aliphatic carbocycles. The highest BCUT2D eigenvalue weighted by Crippen LogP contribution is 1.91. The van der Waals surface area contributed by atoms with Crippen molar-refractivity contribution in [2.45, 2.75) is 6.92 Å². The van der Waals surface area contributed by atoms with Crippen LogP contribution in [0.2, 0.25) is 0 Å². The molecule has 1 atom stereocenters. The number of hydrogen-bond donors (Lipinski definition) is 1. The number of ether oxygens (including phenoxy) is 1. The second-order valence-corrected chi connectivity index (χ2v) is 2.84. The van der Waals surface area contributed by atoms with E-state index in [-0.39, 0.29) is 11.9 Å². The summed E-state index contributed by atoms with van der Waals surface area (Å²) in [7, 11) is 5.45. The summed E-state index contributed by atoms with van der Waals surface area (Å²) in [6.45, 7) is 2.70. The molecule has 0 unspecified atom stereocenters. The molecule has 0 aliphatic rings. The van der Waals surface area contributed by atoms with E-state index in [4.69, 9.17) is 0 Å². The molecule has 0 fully saturated rings. The number of carbonyl (C=O) groups is 1. The van der Waals surface area contributed by atoms with E-state index in [1.807, 2.05) is 21.0 Å². The topological polar surface area (TPSA) is 30.7 Å². The fourth-order valence-electron chi connectivity index (χ4n) is 0.897. The Morgan fingerprint density at radius 3 is 2.40 bits per heavy atom. The molecular formula is C7H16NO2+. The van der Waals surface area contributed by atoms with Gasteiger partial charge < -0.3 is 9.64 Å². The molecule has 3 nitrogen and oxygen atoms in total. The highest BCUT2D eigenvalue weighted by Gasteiger charge is 2.15. The molecule has 0 rings (SSSR count). The third-order valence-corrected chi connectivity index (χ3v) is 1.32. The van der Waals surface area contributed by atoms with Crippen molar-refractivity contribution in [2.75, 3.05) is 27.7 Å². The van der Waals surface area contributed by atoms with Gasteiger partial charge in [-0.2, -0.15) is 0 Å². The predicted molar refractivity (Wildman–Crippen MR) is 38.9 cm³/mol. The number of methoxy groups -OCH3 is 1. The number of nitrogens with one attached hydrogen (secondary N) is 1. The third kappa shape index (κ3) is 3.45. The Hall–Kier alpha value is -0.570. The average molecular weight is 146 g/mol. The van der Waals surface area contributed by atoms with E-state index in [0.717, 1.165) is 6.54 Å². The lowest BCUT2D eigenvalue weighted by Crippen LogP contribution is -3.06. The quantitative estimate of drug-likeness (QED) is 0.514. The summed E-state index contributed by atoms with van der Waals surface area (Å²) in [5.74, 6) is -0.115. The van der Waals surface area contributed by atoms with Crippen LogP contribution in [0.3, 0.4) is 0 Å². The van der Waals surface area contributed by atoms with Crippen molar-refractivity contribution in [1.82, 2.24) is 0 Å². The maximum absolute atomic E-state index is 10.8. The standard InChI is InChI=1S/C7H15NO2/c1-6(5-8(2)3)7(9)10-4/h6H,5H2,1-4H3/p+1/t6-/m1/s1. The number of esters is 1. The van der Waals surface area contributed by atoms with Crippen molar-refractivity contribution < 1.29 is 14.4 Å². The van der Waals surface area contributed by atoms with Crippen molar-refractivity contribution >= 4 is 5.97 Å². The highest BCUT2D eigenvalue weighted by atomic mass is 16.5.